The van der Waals surface area contributed by atoms with Crippen molar-refractivity contribution in [1.82, 2.24) is 35.6 Å². The molecule has 38 heavy (non-hydrogen) atoms. The average molecular weight is 508 g/mol. The van der Waals surface area contributed by atoms with E-state index in [2.05, 4.69) is 62.1 Å². The number of rotatable bonds is 5. The van der Waals surface area contributed by atoms with Gasteiger partial charge in [-0.1, -0.05) is 12.1 Å². The highest BCUT2D eigenvalue weighted by Crippen LogP contribution is 2.58. The molecule has 5 fully saturated rings. The van der Waals surface area contributed by atoms with Crippen LogP contribution in [0.3, 0.4) is 0 Å². The van der Waals surface area contributed by atoms with Gasteiger partial charge in [0.2, 0.25) is 0 Å². The minimum Gasteiger partial charge on any atom is -0.344 e. The second-order valence-corrected chi connectivity index (χ2v) is 12.3. The van der Waals surface area contributed by atoms with Gasteiger partial charge in [-0.2, -0.15) is 0 Å². The minimum absolute atomic E-state index is 0.219. The van der Waals surface area contributed by atoms with Gasteiger partial charge in [0.05, 0.1) is 29.5 Å². The van der Waals surface area contributed by atoms with E-state index in [9.17, 15) is 0 Å². The monoisotopic (exact) mass is 507 g/mol. The Hall–Kier alpha value is -3.03. The van der Waals surface area contributed by atoms with Crippen molar-refractivity contribution < 1.29 is 0 Å². The first-order valence-corrected chi connectivity index (χ1v) is 14.7. The van der Waals surface area contributed by atoms with E-state index in [1.807, 2.05) is 6.20 Å². The number of benzene rings is 1. The molecule has 4 N–H and O–H groups in total. The molecule has 2 atom stereocenters. The van der Waals surface area contributed by atoms with Crippen LogP contribution in [-0.2, 0) is 10.8 Å². The molecule has 3 aromatic heterocycles. The fourth-order valence-corrected chi connectivity index (χ4v) is 7.84. The standard InChI is InChI=1S/C31H37N7/c1-3-23(32-15-1)28-34-18-25(37-28)21-5-7-22-20(17-21)6-8-26(36-22)30-9-12-31(13-10-30,14-11-30)27-19-35-29(38-27)24-4-2-16-33-24/h5-8,17-19,23-24,32-33H,1-4,9-16H2,(H,34,37)(H,35,38). The van der Waals surface area contributed by atoms with Gasteiger partial charge in [0.15, 0.2) is 0 Å². The number of H-pyrrole nitrogens is 2. The van der Waals surface area contributed by atoms with Crippen LogP contribution in [0.2, 0.25) is 0 Å². The van der Waals surface area contributed by atoms with Crippen LogP contribution in [0.4, 0.5) is 0 Å². The summed E-state index contributed by atoms with van der Waals surface area (Å²) in [5, 5.41) is 8.32. The van der Waals surface area contributed by atoms with Crippen LogP contribution in [0.25, 0.3) is 22.2 Å². The molecule has 2 bridgehead atoms. The van der Waals surface area contributed by atoms with E-state index in [1.165, 1.54) is 80.1 Å². The van der Waals surface area contributed by atoms with E-state index in [1.54, 1.807) is 0 Å². The number of pyridine rings is 1. The summed E-state index contributed by atoms with van der Waals surface area (Å²) in [6, 6.07) is 12.0. The van der Waals surface area contributed by atoms with Crippen LogP contribution >= 0.6 is 0 Å². The first kappa shape index (κ1) is 22.9. The lowest BCUT2D eigenvalue weighted by molar-refractivity contribution is 0.0961. The summed E-state index contributed by atoms with van der Waals surface area (Å²) >= 11 is 0. The van der Waals surface area contributed by atoms with E-state index < -0.39 is 0 Å². The third-order valence-electron chi connectivity index (χ3n) is 10.3. The number of fused-ring (bicyclic) bond motifs is 4. The SMILES string of the molecule is c1cc2nc(C34CCC(c5cnc(C6CCCN6)[nH]5)(CC3)CC4)ccc2cc1-c1cnc(C2CCCN2)[nH]1. The molecule has 0 spiro atoms. The zero-order valence-corrected chi connectivity index (χ0v) is 22.0. The molecule has 5 aliphatic rings. The molecule has 0 amide bonds. The Balaban J connectivity index is 1.01. The summed E-state index contributed by atoms with van der Waals surface area (Å²) in [6.45, 7) is 2.19. The Kier molecular flexibility index (Phi) is 5.27. The molecule has 4 aromatic rings. The second-order valence-electron chi connectivity index (χ2n) is 12.3. The van der Waals surface area contributed by atoms with Crippen molar-refractivity contribution in [1.29, 1.82) is 0 Å². The maximum Gasteiger partial charge on any atom is 0.123 e. The van der Waals surface area contributed by atoms with E-state index >= 15 is 0 Å². The van der Waals surface area contributed by atoms with Gasteiger partial charge >= 0.3 is 0 Å². The van der Waals surface area contributed by atoms with Crippen LogP contribution in [-0.4, -0.2) is 38.0 Å². The minimum atomic E-state index is 0.219. The maximum atomic E-state index is 5.26. The average Bonchev–Trinajstić information content (AvgIpc) is 3.80. The molecule has 2 saturated heterocycles. The molecule has 1 aromatic carbocycles. The van der Waals surface area contributed by atoms with Crippen molar-refractivity contribution >= 4 is 10.9 Å². The van der Waals surface area contributed by atoms with Crippen LogP contribution in [0.15, 0.2) is 42.7 Å². The van der Waals surface area contributed by atoms with Gasteiger partial charge < -0.3 is 20.6 Å². The predicted molar refractivity (Wildman–Crippen MR) is 149 cm³/mol. The second kappa shape index (κ2) is 8.75. The Morgan fingerprint density at radius 1 is 0.711 bits per heavy atom. The highest BCUT2D eigenvalue weighted by molar-refractivity contribution is 5.84. The highest BCUT2D eigenvalue weighted by Gasteiger charge is 2.51. The van der Waals surface area contributed by atoms with Crippen LogP contribution in [0, 0.1) is 0 Å². The Morgan fingerprint density at radius 3 is 2.11 bits per heavy atom. The molecule has 7 heteroatoms. The fraction of sp³-hybridized carbons (Fsp3) is 0.516. The normalized spacial score (nSPS) is 30.9. The molecule has 7 nitrogen and oxygen atoms in total. The highest BCUT2D eigenvalue weighted by atomic mass is 15.0. The first-order chi connectivity index (χ1) is 18.7. The predicted octanol–water partition coefficient (Wildman–Crippen LogP) is 5.74. The molecule has 2 unspecified atom stereocenters. The number of aromatic nitrogens is 5. The van der Waals surface area contributed by atoms with Gasteiger partial charge in [0.1, 0.15) is 11.6 Å². The Morgan fingerprint density at radius 2 is 1.39 bits per heavy atom. The van der Waals surface area contributed by atoms with Crippen molar-refractivity contribution in [2.75, 3.05) is 13.1 Å². The largest absolute Gasteiger partial charge is 0.344 e. The number of aromatic amines is 2. The molecular formula is C31H37N7. The third kappa shape index (κ3) is 3.66. The van der Waals surface area contributed by atoms with Gasteiger partial charge in [-0.25, -0.2) is 9.97 Å². The number of nitrogens with one attached hydrogen (secondary N) is 4. The van der Waals surface area contributed by atoms with Gasteiger partial charge in [-0.3, -0.25) is 4.98 Å². The topological polar surface area (TPSA) is 94.3 Å². The fourth-order valence-electron chi connectivity index (χ4n) is 7.84. The molecule has 9 rings (SSSR count). The maximum absolute atomic E-state index is 5.26. The summed E-state index contributed by atoms with van der Waals surface area (Å²) in [6.07, 6.45) is 16.2. The van der Waals surface area contributed by atoms with Crippen molar-refractivity contribution in [3.63, 3.8) is 0 Å². The Labute approximate surface area is 223 Å². The molecule has 3 aliphatic carbocycles. The van der Waals surface area contributed by atoms with Crippen LogP contribution in [0.1, 0.15) is 99.3 Å². The number of imidazole rings is 2. The smallest absolute Gasteiger partial charge is 0.123 e. The summed E-state index contributed by atoms with van der Waals surface area (Å²) < 4.78 is 0. The van der Waals surface area contributed by atoms with E-state index in [0.717, 1.165) is 42.4 Å². The quantitative estimate of drug-likeness (QED) is 0.276. The number of nitrogens with zero attached hydrogens (tertiary/aromatic N) is 3. The van der Waals surface area contributed by atoms with Gasteiger partial charge in [0, 0.05) is 39.4 Å². The zero-order valence-electron chi connectivity index (χ0n) is 22.0. The first-order valence-electron chi connectivity index (χ1n) is 14.7. The van der Waals surface area contributed by atoms with Gasteiger partial charge in [-0.15, -0.1) is 0 Å². The van der Waals surface area contributed by atoms with Crippen LogP contribution < -0.4 is 10.6 Å². The lowest BCUT2D eigenvalue weighted by Crippen LogP contribution is -2.47. The molecule has 2 aliphatic heterocycles. The molecule has 5 heterocycles. The van der Waals surface area contributed by atoms with Crippen molar-refractivity contribution in [3.05, 3.63) is 65.8 Å². The molecule has 3 saturated carbocycles. The van der Waals surface area contributed by atoms with E-state index in [0.29, 0.717) is 12.1 Å². The van der Waals surface area contributed by atoms with E-state index in [-0.39, 0.29) is 10.8 Å². The van der Waals surface area contributed by atoms with E-state index in [4.69, 9.17) is 9.97 Å². The molecule has 196 valence electrons. The van der Waals surface area contributed by atoms with Crippen molar-refractivity contribution in [3.8, 4) is 11.3 Å². The summed E-state index contributed by atoms with van der Waals surface area (Å²) in [5.41, 5.74) is 6.52. The summed E-state index contributed by atoms with van der Waals surface area (Å²) in [5.74, 6) is 2.20. The Bertz CT molecular complexity index is 1450. The third-order valence-corrected chi connectivity index (χ3v) is 10.3. The number of hydrogen-bond acceptors (Lipinski definition) is 5. The molecule has 0 radical (unpaired) electrons. The van der Waals surface area contributed by atoms with Gasteiger partial charge in [0.25, 0.3) is 0 Å². The van der Waals surface area contributed by atoms with Crippen molar-refractivity contribution in [2.24, 2.45) is 0 Å². The lowest BCUT2D eigenvalue weighted by Gasteiger charge is -2.53. The summed E-state index contributed by atoms with van der Waals surface area (Å²) in [4.78, 5) is 22.0. The van der Waals surface area contributed by atoms with Crippen molar-refractivity contribution in [2.45, 2.75) is 87.1 Å². The molecular weight excluding hydrogens is 470 g/mol. The van der Waals surface area contributed by atoms with Crippen LogP contribution in [0.5, 0.6) is 0 Å². The number of hydrogen-bond donors (Lipinski definition) is 4. The van der Waals surface area contributed by atoms with Gasteiger partial charge in [-0.05, 0) is 95.5 Å². The zero-order chi connectivity index (χ0) is 25.2. The lowest BCUT2D eigenvalue weighted by atomic mass is 9.52. The summed E-state index contributed by atoms with van der Waals surface area (Å²) in [7, 11) is 0.